The summed E-state index contributed by atoms with van der Waals surface area (Å²) >= 11 is 0. The van der Waals surface area contributed by atoms with Crippen LogP contribution in [0.2, 0.25) is 0 Å². The molecule has 9 amide bonds. The van der Waals surface area contributed by atoms with Crippen LogP contribution in [0.1, 0.15) is 156 Å². The normalized spacial score (nSPS) is 19.5. The topological polar surface area (TPSA) is 486 Å². The van der Waals surface area contributed by atoms with Crippen LogP contribution in [0.5, 0.6) is 0 Å². The quantitative estimate of drug-likeness (QED) is 0.0159. The first-order chi connectivity index (χ1) is 45.8. The van der Waals surface area contributed by atoms with Crippen LogP contribution < -0.4 is 48.0 Å². The molecule has 99 heavy (non-hydrogen) atoms. The Balaban J connectivity index is 3.46. The van der Waals surface area contributed by atoms with E-state index < -0.39 is 213 Å². The fourth-order valence-electron chi connectivity index (χ4n) is 11.7. The second-order valence-corrected chi connectivity index (χ2v) is 29.4. The molecule has 1 rings (SSSR count). The molecule has 0 aromatic heterocycles. The van der Waals surface area contributed by atoms with Crippen LogP contribution in [-0.4, -0.2) is 294 Å². The first kappa shape index (κ1) is 91.6. The van der Waals surface area contributed by atoms with Crippen molar-refractivity contribution >= 4 is 53.2 Å². The lowest BCUT2D eigenvalue weighted by molar-refractivity contribution is -0.275. The molecule has 1 aliphatic rings. The Bertz CT molecular complexity index is 2490. The molecular weight excluding hydrogens is 1300 g/mol. The number of nitrogens with zero attached hydrogens (tertiary/aromatic N) is 2. The fraction of sp³-hybridized carbons (Fsp3) is 0.862. The second-order valence-electron chi connectivity index (χ2n) is 29.4. The number of carbonyl (C=O) groups excluding carboxylic acids is 9. The van der Waals surface area contributed by atoms with Crippen molar-refractivity contribution < 1.29 is 112 Å². The van der Waals surface area contributed by atoms with Gasteiger partial charge in [-0.15, -0.1) is 0 Å². The zero-order valence-electron chi connectivity index (χ0n) is 61.5. The van der Waals surface area contributed by atoms with Crippen LogP contribution in [0.25, 0.3) is 0 Å². The summed E-state index contributed by atoms with van der Waals surface area (Å²) in [6, 6.07) is -3.49. The third kappa shape index (κ3) is 37.9. The molecular formula is C65H123N11O23. The Morgan fingerprint density at radius 2 is 1.10 bits per heavy atom. The van der Waals surface area contributed by atoms with Gasteiger partial charge in [0.2, 0.25) is 47.3 Å². The Morgan fingerprint density at radius 1 is 0.586 bits per heavy atom. The van der Waals surface area contributed by atoms with E-state index in [1.807, 2.05) is 48.5 Å². The first-order valence-electron chi connectivity index (χ1n) is 33.8. The van der Waals surface area contributed by atoms with E-state index in [1.54, 1.807) is 34.7 Å². The van der Waals surface area contributed by atoms with Crippen LogP contribution >= 0.6 is 0 Å². The summed E-state index contributed by atoms with van der Waals surface area (Å²) in [5, 5.41) is 104. The van der Waals surface area contributed by atoms with Gasteiger partial charge in [0.15, 0.2) is 18.9 Å². The van der Waals surface area contributed by atoms with Gasteiger partial charge in [-0.2, -0.15) is 0 Å². The van der Waals surface area contributed by atoms with Gasteiger partial charge < -0.3 is 112 Å². The molecule has 9 unspecified atom stereocenters. The molecule has 13 atom stereocenters. The first-order valence-corrected chi connectivity index (χ1v) is 33.8. The summed E-state index contributed by atoms with van der Waals surface area (Å²) in [6.45, 7) is 21.2. The number of unbranched alkanes of at least 4 members (excludes halogenated alkanes) is 3. The van der Waals surface area contributed by atoms with Crippen molar-refractivity contribution in [2.45, 2.75) is 247 Å². The van der Waals surface area contributed by atoms with E-state index in [4.69, 9.17) is 28.4 Å². The maximum absolute atomic E-state index is 14.5. The Kier molecular flexibility index (Phi) is 40.9. The third-order valence-electron chi connectivity index (χ3n) is 15.6. The smallest absolute Gasteiger partial charge is 0.253 e. The summed E-state index contributed by atoms with van der Waals surface area (Å²) in [4.78, 5) is 120. The molecule has 0 aromatic rings. The number of nitrogens with one attached hydrogen (secondary N) is 9. The number of ether oxygens (including phenoxy) is 6. The van der Waals surface area contributed by atoms with Crippen molar-refractivity contribution in [3.05, 3.63) is 0 Å². The lowest BCUT2D eigenvalue weighted by Gasteiger charge is -2.43. The minimum Gasteiger partial charge on any atom is -0.394 e. The molecule has 576 valence electrons. The van der Waals surface area contributed by atoms with Crippen molar-refractivity contribution in [3.63, 3.8) is 0 Å². The zero-order valence-corrected chi connectivity index (χ0v) is 61.5. The van der Waals surface area contributed by atoms with Gasteiger partial charge in [0, 0.05) is 50.9 Å². The molecule has 0 aliphatic carbocycles. The molecule has 1 heterocycles. The maximum Gasteiger partial charge on any atom is 0.253 e. The highest BCUT2D eigenvalue weighted by atomic mass is 16.7. The second kappa shape index (κ2) is 44.2. The SMILES string of the molecule is CCCCCCC(C(=O)NCC(=O)NC(C)(C)CC(C)(C)COC(OC(CO)[C@@H](C)O)[C@H](CO)NC(C)=O)N(CC(=O)NCC(=O)NN(C)CC(C)(C)CO[C@@H](CNC(C)=O)OC(CO)[C@@H](C)O)CC(=O)NCC(=O)NC(C)(C)CC(C)(C)COC1OC(CO)C(O)C(O)C1NC(C)=O. The number of aliphatic hydroxyl groups is 8. The van der Waals surface area contributed by atoms with Crippen LogP contribution in [0.4, 0.5) is 0 Å². The zero-order chi connectivity index (χ0) is 75.8. The van der Waals surface area contributed by atoms with Gasteiger partial charge in [-0.05, 0) is 71.6 Å². The molecule has 17 N–H and O–H groups in total. The van der Waals surface area contributed by atoms with E-state index in [1.165, 1.54) is 44.5 Å². The van der Waals surface area contributed by atoms with Gasteiger partial charge in [-0.3, -0.25) is 53.5 Å². The molecule has 34 heteroatoms. The Labute approximate surface area is 583 Å². The predicted molar refractivity (Wildman–Crippen MR) is 360 cm³/mol. The summed E-state index contributed by atoms with van der Waals surface area (Å²) in [7, 11) is 1.57. The number of carbonyl (C=O) groups is 9. The van der Waals surface area contributed by atoms with E-state index in [9.17, 15) is 84.0 Å². The van der Waals surface area contributed by atoms with E-state index in [0.717, 1.165) is 12.8 Å². The lowest BCUT2D eigenvalue weighted by Crippen LogP contribution is -2.64. The van der Waals surface area contributed by atoms with Crippen LogP contribution in [-0.2, 0) is 71.6 Å². The minimum absolute atomic E-state index is 0.0165. The van der Waals surface area contributed by atoms with Gasteiger partial charge in [-0.1, -0.05) is 74.1 Å². The number of hydrogen-bond acceptors (Lipinski definition) is 25. The average molecular weight is 1430 g/mol. The molecule has 1 saturated heterocycles. The molecule has 0 spiro atoms. The Morgan fingerprint density at radius 3 is 1.59 bits per heavy atom. The third-order valence-corrected chi connectivity index (χ3v) is 15.6. The van der Waals surface area contributed by atoms with Gasteiger partial charge in [0.1, 0.15) is 42.6 Å². The predicted octanol–water partition coefficient (Wildman–Crippen LogP) is -3.62. The molecule has 34 nitrogen and oxygen atoms in total. The average Bonchev–Trinajstić information content (AvgIpc) is 0.807. The number of aliphatic hydroxyl groups excluding tert-OH is 8. The van der Waals surface area contributed by atoms with Gasteiger partial charge in [-0.25, -0.2) is 5.01 Å². The summed E-state index contributed by atoms with van der Waals surface area (Å²) in [5.74, 6) is -5.55. The highest BCUT2D eigenvalue weighted by molar-refractivity contribution is 5.91. The highest BCUT2D eigenvalue weighted by Gasteiger charge is 2.46. The maximum atomic E-state index is 14.5. The van der Waals surface area contributed by atoms with Gasteiger partial charge in [0.25, 0.3) is 5.91 Å². The van der Waals surface area contributed by atoms with Gasteiger partial charge >= 0.3 is 0 Å². The van der Waals surface area contributed by atoms with Crippen LogP contribution in [0.15, 0.2) is 0 Å². The lowest BCUT2D eigenvalue weighted by atomic mass is 9.80. The van der Waals surface area contributed by atoms with E-state index >= 15 is 0 Å². The standard InChI is InChI=1S/C65H123N11O23/c1-18-19-20-21-22-45(58(93)69-24-50(87)73-65(15,16)33-61(7,8)36-95-59(44(29-77)70-42(5)84)98-47(31-79)40(3)82)76(28-53(90)68-25-51(88)74-75(17)35-63(11,12)38-94-54(26-66-41(4)83)97-46(30-78)39(2)81)27-52(89)67-23-49(86)72-64(13,14)34-62(9,10)37-96-60-55(71-43(6)85)57(92)56(91)48(32-80)99-60/h39-40,44-48,54-57,59-60,77-82,91-92H,18-38H2,1-17H3,(H,66,83)(H,67,89)(H,68,90)(H,69,93)(H,70,84)(H,71,85)(H,72,86)(H,73,87)(H,74,88)/t39-,40-,44+,45?,46?,47?,48?,54-,55?,56?,57?,59?,60?/m1/s1. The number of hydrogen-bond donors (Lipinski definition) is 17. The van der Waals surface area contributed by atoms with Crippen molar-refractivity contribution in [2.75, 3.05) is 99.1 Å². The van der Waals surface area contributed by atoms with E-state index in [0.29, 0.717) is 12.8 Å². The molecule has 0 aromatic carbocycles. The summed E-state index contributed by atoms with van der Waals surface area (Å²) in [5.41, 5.74) is -1.44. The fourth-order valence-corrected chi connectivity index (χ4v) is 11.7. The molecule has 0 bridgehead atoms. The van der Waals surface area contributed by atoms with E-state index in [2.05, 4.69) is 48.0 Å². The number of hydrazine groups is 1. The van der Waals surface area contributed by atoms with Crippen molar-refractivity contribution in [3.8, 4) is 0 Å². The highest BCUT2D eigenvalue weighted by Crippen LogP contribution is 2.32. The monoisotopic (exact) mass is 1430 g/mol. The van der Waals surface area contributed by atoms with Crippen molar-refractivity contribution in [1.29, 1.82) is 0 Å². The number of amides is 9. The van der Waals surface area contributed by atoms with Crippen LogP contribution in [0.3, 0.4) is 0 Å². The number of rotatable bonds is 50. The molecule has 0 radical (unpaired) electrons. The van der Waals surface area contributed by atoms with Gasteiger partial charge in [0.05, 0.1) is 104 Å². The molecule has 1 fully saturated rings. The minimum atomic E-state index is -1.53. The molecule has 0 saturated carbocycles. The van der Waals surface area contributed by atoms with E-state index in [-0.39, 0.29) is 58.1 Å². The summed E-state index contributed by atoms with van der Waals surface area (Å²) in [6.07, 6.45) is -8.90. The Hall–Kier alpha value is -5.41. The summed E-state index contributed by atoms with van der Waals surface area (Å²) < 4.78 is 35.3. The molecule has 1 aliphatic heterocycles. The largest absolute Gasteiger partial charge is 0.394 e. The van der Waals surface area contributed by atoms with Crippen LogP contribution in [0, 0.1) is 16.2 Å². The van der Waals surface area contributed by atoms with Crippen molar-refractivity contribution in [2.24, 2.45) is 16.2 Å². The van der Waals surface area contributed by atoms with Crippen molar-refractivity contribution in [1.82, 2.24) is 57.9 Å².